The minimum atomic E-state index is 0.643. The molecule has 0 saturated heterocycles. The van der Waals surface area contributed by atoms with Gasteiger partial charge in [0.25, 0.3) is 0 Å². The summed E-state index contributed by atoms with van der Waals surface area (Å²) in [6.07, 6.45) is 8.55. The van der Waals surface area contributed by atoms with E-state index < -0.39 is 0 Å². The minimum absolute atomic E-state index is 0.643. The third-order valence-corrected chi connectivity index (χ3v) is 3.71. The molecule has 0 saturated carbocycles. The first-order valence-electron chi connectivity index (χ1n) is 7.20. The SMILES string of the molecule is Cn1cc(/C=C/c2cccc[n+]2CCN)c2ccccc21. The van der Waals surface area contributed by atoms with Gasteiger partial charge in [-0.1, -0.05) is 18.2 Å². The van der Waals surface area contributed by atoms with Crippen molar-refractivity contribution in [1.82, 2.24) is 4.57 Å². The van der Waals surface area contributed by atoms with E-state index in [1.54, 1.807) is 0 Å². The Morgan fingerprint density at radius 2 is 1.90 bits per heavy atom. The Bertz CT molecular complexity index is 784. The second kappa shape index (κ2) is 5.94. The van der Waals surface area contributed by atoms with Gasteiger partial charge >= 0.3 is 0 Å². The number of para-hydroxylation sites is 1. The summed E-state index contributed by atoms with van der Waals surface area (Å²) in [5, 5.41) is 1.28. The molecule has 0 amide bonds. The summed E-state index contributed by atoms with van der Waals surface area (Å²) >= 11 is 0. The predicted molar refractivity (Wildman–Crippen MR) is 87.5 cm³/mol. The molecule has 3 nitrogen and oxygen atoms in total. The van der Waals surface area contributed by atoms with Crippen molar-refractivity contribution in [2.45, 2.75) is 6.54 Å². The number of benzene rings is 1. The van der Waals surface area contributed by atoms with Crippen LogP contribution in [-0.2, 0) is 13.6 Å². The molecule has 0 unspecified atom stereocenters. The molecule has 0 radical (unpaired) electrons. The lowest BCUT2D eigenvalue weighted by molar-refractivity contribution is -0.696. The summed E-state index contributed by atoms with van der Waals surface area (Å²) in [7, 11) is 2.08. The highest BCUT2D eigenvalue weighted by atomic mass is 15.0. The Morgan fingerprint density at radius 3 is 2.76 bits per heavy atom. The van der Waals surface area contributed by atoms with E-state index >= 15 is 0 Å². The van der Waals surface area contributed by atoms with Gasteiger partial charge in [-0.3, -0.25) is 0 Å². The van der Waals surface area contributed by atoms with Crippen LogP contribution in [0.5, 0.6) is 0 Å². The van der Waals surface area contributed by atoms with Crippen LogP contribution in [-0.4, -0.2) is 11.1 Å². The van der Waals surface area contributed by atoms with E-state index in [4.69, 9.17) is 5.73 Å². The maximum atomic E-state index is 5.67. The first kappa shape index (κ1) is 13.6. The standard InChI is InChI=1S/C18H20N3/c1-20-14-15(17-7-2-3-8-18(17)20)9-10-16-6-4-5-12-21(16)13-11-19/h2-10,12,14H,11,13,19H2,1H3/q+1. The third kappa shape index (κ3) is 2.73. The van der Waals surface area contributed by atoms with Gasteiger partial charge in [-0.15, -0.1) is 0 Å². The van der Waals surface area contributed by atoms with Crippen molar-refractivity contribution in [3.8, 4) is 0 Å². The van der Waals surface area contributed by atoms with Crippen molar-refractivity contribution in [2.75, 3.05) is 6.54 Å². The number of aromatic nitrogens is 2. The Balaban J connectivity index is 1.99. The van der Waals surface area contributed by atoms with Crippen molar-refractivity contribution < 1.29 is 4.57 Å². The van der Waals surface area contributed by atoms with Crippen LogP contribution in [0.3, 0.4) is 0 Å². The zero-order chi connectivity index (χ0) is 14.7. The van der Waals surface area contributed by atoms with E-state index in [0.717, 1.165) is 12.2 Å². The van der Waals surface area contributed by atoms with Gasteiger partial charge in [0.05, 0.1) is 6.54 Å². The molecular formula is C18H20N3+. The fraction of sp³-hybridized carbons (Fsp3) is 0.167. The van der Waals surface area contributed by atoms with Crippen LogP contribution in [0.15, 0.2) is 54.9 Å². The number of fused-ring (bicyclic) bond motifs is 1. The Morgan fingerprint density at radius 1 is 1.10 bits per heavy atom. The number of rotatable bonds is 4. The third-order valence-electron chi connectivity index (χ3n) is 3.71. The molecule has 0 aliphatic rings. The highest BCUT2D eigenvalue weighted by Crippen LogP contribution is 2.21. The molecule has 1 aromatic carbocycles. The van der Waals surface area contributed by atoms with Crippen molar-refractivity contribution in [1.29, 1.82) is 0 Å². The van der Waals surface area contributed by atoms with E-state index in [2.05, 4.69) is 77.1 Å². The van der Waals surface area contributed by atoms with Crippen LogP contribution in [0.2, 0.25) is 0 Å². The highest BCUT2D eigenvalue weighted by Gasteiger charge is 2.06. The second-order valence-electron chi connectivity index (χ2n) is 5.15. The molecule has 0 bridgehead atoms. The number of hydrogen-bond acceptors (Lipinski definition) is 1. The number of nitrogens with two attached hydrogens (primary N) is 1. The van der Waals surface area contributed by atoms with E-state index in [1.807, 2.05) is 6.07 Å². The molecular weight excluding hydrogens is 258 g/mol. The molecule has 2 N–H and O–H groups in total. The van der Waals surface area contributed by atoms with Crippen LogP contribution < -0.4 is 10.3 Å². The fourth-order valence-corrected chi connectivity index (χ4v) is 2.66. The van der Waals surface area contributed by atoms with Gasteiger partial charge < -0.3 is 10.3 Å². The van der Waals surface area contributed by atoms with Crippen LogP contribution in [0.4, 0.5) is 0 Å². The maximum absolute atomic E-state index is 5.67. The topological polar surface area (TPSA) is 34.8 Å². The smallest absolute Gasteiger partial charge is 0.205 e. The average molecular weight is 278 g/mol. The van der Waals surface area contributed by atoms with Gasteiger partial charge in [-0.2, -0.15) is 4.57 Å². The summed E-state index contributed by atoms with van der Waals surface area (Å²) in [5.74, 6) is 0. The average Bonchev–Trinajstić information content (AvgIpc) is 2.84. The number of pyridine rings is 1. The Labute approximate surface area is 124 Å². The Hall–Kier alpha value is -2.39. The summed E-state index contributed by atoms with van der Waals surface area (Å²) in [5.41, 5.74) is 9.31. The Kier molecular flexibility index (Phi) is 3.84. The molecule has 3 aromatic rings. The molecule has 3 rings (SSSR count). The molecule has 0 aliphatic carbocycles. The number of nitrogens with zero attached hydrogens (tertiary/aromatic N) is 2. The summed E-state index contributed by atoms with van der Waals surface area (Å²) in [6.45, 7) is 1.47. The van der Waals surface area contributed by atoms with Crippen molar-refractivity contribution in [3.05, 3.63) is 66.1 Å². The summed E-state index contributed by atoms with van der Waals surface area (Å²) < 4.78 is 4.33. The van der Waals surface area contributed by atoms with Gasteiger partial charge in [0, 0.05) is 47.9 Å². The summed E-state index contributed by atoms with van der Waals surface area (Å²) in [4.78, 5) is 0. The van der Waals surface area contributed by atoms with Crippen molar-refractivity contribution in [3.63, 3.8) is 0 Å². The van der Waals surface area contributed by atoms with Crippen LogP contribution in [0.1, 0.15) is 11.3 Å². The molecule has 3 heteroatoms. The lowest BCUT2D eigenvalue weighted by atomic mass is 10.1. The first-order chi connectivity index (χ1) is 10.3. The van der Waals surface area contributed by atoms with E-state index in [9.17, 15) is 0 Å². The number of hydrogen-bond donors (Lipinski definition) is 1. The zero-order valence-corrected chi connectivity index (χ0v) is 12.2. The molecule has 0 fully saturated rings. The summed E-state index contributed by atoms with van der Waals surface area (Å²) in [6, 6.07) is 14.6. The van der Waals surface area contributed by atoms with Gasteiger partial charge in [-0.25, -0.2) is 0 Å². The maximum Gasteiger partial charge on any atom is 0.205 e. The normalized spacial score (nSPS) is 11.5. The molecule has 2 heterocycles. The van der Waals surface area contributed by atoms with Gasteiger partial charge in [-0.05, 0) is 18.2 Å². The van der Waals surface area contributed by atoms with Gasteiger partial charge in [0.1, 0.15) is 0 Å². The zero-order valence-electron chi connectivity index (χ0n) is 12.2. The molecule has 21 heavy (non-hydrogen) atoms. The molecule has 0 atom stereocenters. The lowest BCUT2D eigenvalue weighted by Crippen LogP contribution is -2.39. The van der Waals surface area contributed by atoms with Crippen molar-refractivity contribution in [2.24, 2.45) is 12.8 Å². The molecule has 0 spiro atoms. The minimum Gasteiger partial charge on any atom is -0.350 e. The van der Waals surface area contributed by atoms with Gasteiger partial charge in [0.2, 0.25) is 5.69 Å². The van der Waals surface area contributed by atoms with Crippen molar-refractivity contribution >= 4 is 23.1 Å². The molecule has 0 aliphatic heterocycles. The van der Waals surface area contributed by atoms with E-state index in [-0.39, 0.29) is 0 Å². The van der Waals surface area contributed by atoms with E-state index in [1.165, 1.54) is 16.5 Å². The second-order valence-corrected chi connectivity index (χ2v) is 5.15. The van der Waals surface area contributed by atoms with Gasteiger partial charge in [0.15, 0.2) is 12.7 Å². The largest absolute Gasteiger partial charge is 0.350 e. The fourth-order valence-electron chi connectivity index (χ4n) is 2.66. The van der Waals surface area contributed by atoms with Crippen LogP contribution in [0, 0.1) is 0 Å². The predicted octanol–water partition coefficient (Wildman–Crippen LogP) is 2.59. The van der Waals surface area contributed by atoms with Crippen LogP contribution in [0.25, 0.3) is 23.1 Å². The van der Waals surface area contributed by atoms with Crippen LogP contribution >= 0.6 is 0 Å². The monoisotopic (exact) mass is 278 g/mol. The molecule has 106 valence electrons. The highest BCUT2D eigenvalue weighted by molar-refractivity contribution is 5.91. The van der Waals surface area contributed by atoms with E-state index in [0.29, 0.717) is 6.54 Å². The quantitative estimate of drug-likeness (QED) is 0.731. The first-order valence-corrected chi connectivity index (χ1v) is 7.20. The molecule has 2 aromatic heterocycles. The lowest BCUT2D eigenvalue weighted by Gasteiger charge is -1.98. The number of aryl methyl sites for hydroxylation is 1.